The number of aromatic nitrogens is 4. The molecule has 0 aliphatic carbocycles. The number of aryl methyl sites for hydroxylation is 1. The van der Waals surface area contributed by atoms with Gasteiger partial charge in [0.1, 0.15) is 25.3 Å². The lowest BCUT2D eigenvalue weighted by Crippen LogP contribution is -2.12. The molecule has 1 heterocycles. The maximum absolute atomic E-state index is 12.0. The first kappa shape index (κ1) is 16.6. The van der Waals surface area contributed by atoms with Gasteiger partial charge in [-0.15, -0.1) is 5.10 Å². The number of hydrogen-bond donors (Lipinski definition) is 0. The molecule has 1 aromatic heterocycles. The molecule has 0 saturated carbocycles. The van der Waals surface area contributed by atoms with Gasteiger partial charge in [0.2, 0.25) is 0 Å². The minimum absolute atomic E-state index is 0.184. The Morgan fingerprint density at radius 2 is 1.96 bits per heavy atom. The molecule has 7 heteroatoms. The van der Waals surface area contributed by atoms with E-state index in [1.54, 1.807) is 24.3 Å². The van der Waals surface area contributed by atoms with Crippen LogP contribution in [-0.2, 0) is 11.2 Å². The van der Waals surface area contributed by atoms with Gasteiger partial charge >= 0.3 is 5.97 Å². The van der Waals surface area contributed by atoms with E-state index in [9.17, 15) is 4.79 Å². The number of ether oxygens (including phenoxy) is 2. The van der Waals surface area contributed by atoms with Crippen LogP contribution in [0.15, 0.2) is 54.9 Å². The van der Waals surface area contributed by atoms with Gasteiger partial charge in [0.25, 0.3) is 0 Å². The number of carbonyl (C=O) groups excluding carboxylic acids is 1. The molecule has 25 heavy (non-hydrogen) atoms. The van der Waals surface area contributed by atoms with E-state index in [2.05, 4.69) is 22.4 Å². The fraction of sp³-hybridized carbons (Fsp3) is 0.222. The fourth-order valence-electron chi connectivity index (χ4n) is 2.26. The maximum Gasteiger partial charge on any atom is 0.338 e. The van der Waals surface area contributed by atoms with Gasteiger partial charge in [0.05, 0.1) is 11.3 Å². The van der Waals surface area contributed by atoms with Gasteiger partial charge in [0, 0.05) is 0 Å². The third-order valence-corrected chi connectivity index (χ3v) is 3.61. The van der Waals surface area contributed by atoms with Crippen LogP contribution in [0, 0.1) is 0 Å². The third kappa shape index (κ3) is 4.41. The van der Waals surface area contributed by atoms with Gasteiger partial charge in [-0.05, 0) is 58.8 Å². The predicted molar refractivity (Wildman–Crippen MR) is 90.8 cm³/mol. The Balaban J connectivity index is 1.47. The van der Waals surface area contributed by atoms with Crippen molar-refractivity contribution < 1.29 is 14.3 Å². The van der Waals surface area contributed by atoms with Gasteiger partial charge in [0.15, 0.2) is 0 Å². The third-order valence-electron chi connectivity index (χ3n) is 3.61. The SMILES string of the molecule is CCc1cccc(OCCOC(=O)c2ccc(-n3cnnn3)cc2)c1. The summed E-state index contributed by atoms with van der Waals surface area (Å²) in [6.07, 6.45) is 2.44. The average Bonchev–Trinajstić information content (AvgIpc) is 3.20. The average molecular weight is 338 g/mol. The lowest BCUT2D eigenvalue weighted by molar-refractivity contribution is 0.0450. The zero-order chi connectivity index (χ0) is 17.5. The molecule has 0 aliphatic rings. The molecular formula is C18H18N4O3. The molecule has 3 aromatic rings. The molecule has 0 spiro atoms. The highest BCUT2D eigenvalue weighted by atomic mass is 16.6. The van der Waals surface area contributed by atoms with Crippen LogP contribution >= 0.6 is 0 Å². The molecule has 0 amide bonds. The van der Waals surface area contributed by atoms with Crippen LogP contribution in [0.25, 0.3) is 5.69 Å². The number of benzene rings is 2. The summed E-state index contributed by atoms with van der Waals surface area (Å²) in [6, 6.07) is 14.7. The Hall–Kier alpha value is -3.22. The summed E-state index contributed by atoms with van der Waals surface area (Å²) in [5.74, 6) is 0.385. The molecular weight excluding hydrogens is 320 g/mol. The summed E-state index contributed by atoms with van der Waals surface area (Å²) in [4.78, 5) is 12.0. The van der Waals surface area contributed by atoms with Gasteiger partial charge in [-0.3, -0.25) is 0 Å². The van der Waals surface area contributed by atoms with Crippen molar-refractivity contribution in [3.8, 4) is 11.4 Å². The number of rotatable bonds is 7. The molecule has 128 valence electrons. The molecule has 0 saturated heterocycles. The van der Waals surface area contributed by atoms with Crippen molar-refractivity contribution in [1.82, 2.24) is 20.2 Å². The molecule has 0 unspecified atom stereocenters. The van der Waals surface area contributed by atoms with Crippen LogP contribution in [0.5, 0.6) is 5.75 Å². The fourth-order valence-corrected chi connectivity index (χ4v) is 2.26. The maximum atomic E-state index is 12.0. The highest BCUT2D eigenvalue weighted by Gasteiger charge is 2.08. The summed E-state index contributed by atoms with van der Waals surface area (Å²) >= 11 is 0. The Kier molecular flexibility index (Phi) is 5.36. The molecule has 7 nitrogen and oxygen atoms in total. The molecule has 0 N–H and O–H groups in total. The number of hydrogen-bond acceptors (Lipinski definition) is 6. The second kappa shape index (κ2) is 8.05. The molecule has 0 fully saturated rings. The normalized spacial score (nSPS) is 10.4. The van der Waals surface area contributed by atoms with Crippen molar-refractivity contribution in [2.24, 2.45) is 0 Å². The van der Waals surface area contributed by atoms with E-state index < -0.39 is 5.97 Å². The van der Waals surface area contributed by atoms with Crippen molar-refractivity contribution in [2.45, 2.75) is 13.3 Å². The Labute approximate surface area is 145 Å². The van der Waals surface area contributed by atoms with Crippen LogP contribution in [0.4, 0.5) is 0 Å². The second-order valence-corrected chi connectivity index (χ2v) is 5.29. The highest BCUT2D eigenvalue weighted by molar-refractivity contribution is 5.89. The van der Waals surface area contributed by atoms with Gasteiger partial charge < -0.3 is 9.47 Å². The topological polar surface area (TPSA) is 79.1 Å². The van der Waals surface area contributed by atoms with Crippen molar-refractivity contribution in [2.75, 3.05) is 13.2 Å². The number of esters is 1. The van der Waals surface area contributed by atoms with Crippen molar-refractivity contribution in [3.63, 3.8) is 0 Å². The van der Waals surface area contributed by atoms with Gasteiger partial charge in [-0.2, -0.15) is 0 Å². The van der Waals surface area contributed by atoms with Crippen LogP contribution < -0.4 is 4.74 Å². The standard InChI is InChI=1S/C18H18N4O3/c1-2-14-4-3-5-17(12-14)24-10-11-25-18(23)15-6-8-16(9-7-15)22-13-19-20-21-22/h3-9,12-13H,2,10-11H2,1H3. The molecule has 2 aromatic carbocycles. The first-order chi connectivity index (χ1) is 12.3. The molecule has 0 bridgehead atoms. The number of nitrogens with zero attached hydrogens (tertiary/aromatic N) is 4. The molecule has 0 aliphatic heterocycles. The summed E-state index contributed by atoms with van der Waals surface area (Å²) in [5, 5.41) is 10.9. The van der Waals surface area contributed by atoms with E-state index in [1.807, 2.05) is 24.3 Å². The monoisotopic (exact) mass is 338 g/mol. The molecule has 3 rings (SSSR count). The van der Waals surface area contributed by atoms with E-state index in [0.717, 1.165) is 17.9 Å². The first-order valence-electron chi connectivity index (χ1n) is 7.98. The van der Waals surface area contributed by atoms with Crippen molar-refractivity contribution in [1.29, 1.82) is 0 Å². The summed E-state index contributed by atoms with van der Waals surface area (Å²) < 4.78 is 12.3. The predicted octanol–water partition coefficient (Wildman–Crippen LogP) is 2.46. The van der Waals surface area contributed by atoms with Gasteiger partial charge in [-0.25, -0.2) is 9.48 Å². The lowest BCUT2D eigenvalue weighted by atomic mass is 10.2. The Morgan fingerprint density at radius 3 is 2.68 bits per heavy atom. The Morgan fingerprint density at radius 1 is 1.12 bits per heavy atom. The van der Waals surface area contributed by atoms with E-state index >= 15 is 0 Å². The van der Waals surface area contributed by atoms with Crippen molar-refractivity contribution in [3.05, 3.63) is 66.0 Å². The zero-order valence-corrected chi connectivity index (χ0v) is 13.8. The minimum Gasteiger partial charge on any atom is -0.490 e. The largest absolute Gasteiger partial charge is 0.490 e. The van der Waals surface area contributed by atoms with Crippen LogP contribution in [0.1, 0.15) is 22.8 Å². The highest BCUT2D eigenvalue weighted by Crippen LogP contribution is 2.13. The number of carbonyl (C=O) groups is 1. The molecule has 0 atom stereocenters. The summed E-state index contributed by atoms with van der Waals surface area (Å²) in [6.45, 7) is 2.58. The zero-order valence-electron chi connectivity index (χ0n) is 13.8. The summed E-state index contributed by atoms with van der Waals surface area (Å²) in [7, 11) is 0. The van der Waals surface area contributed by atoms with E-state index in [-0.39, 0.29) is 6.61 Å². The van der Waals surface area contributed by atoms with E-state index in [1.165, 1.54) is 16.6 Å². The van der Waals surface area contributed by atoms with Crippen molar-refractivity contribution >= 4 is 5.97 Å². The minimum atomic E-state index is -0.394. The molecule has 0 radical (unpaired) electrons. The van der Waals surface area contributed by atoms with Crippen LogP contribution in [0.3, 0.4) is 0 Å². The summed E-state index contributed by atoms with van der Waals surface area (Å²) in [5.41, 5.74) is 2.43. The van der Waals surface area contributed by atoms with Crippen LogP contribution in [-0.4, -0.2) is 39.4 Å². The van der Waals surface area contributed by atoms with Gasteiger partial charge in [-0.1, -0.05) is 19.1 Å². The lowest BCUT2D eigenvalue weighted by Gasteiger charge is -2.08. The van der Waals surface area contributed by atoms with E-state index in [0.29, 0.717) is 12.2 Å². The Bertz CT molecular complexity index is 817. The number of tetrazole rings is 1. The van der Waals surface area contributed by atoms with E-state index in [4.69, 9.17) is 9.47 Å². The van der Waals surface area contributed by atoms with Crippen LogP contribution in [0.2, 0.25) is 0 Å². The second-order valence-electron chi connectivity index (χ2n) is 5.29. The quantitative estimate of drug-likeness (QED) is 0.486. The first-order valence-corrected chi connectivity index (χ1v) is 7.98. The smallest absolute Gasteiger partial charge is 0.338 e.